The second-order valence-electron chi connectivity index (χ2n) is 6.77. The number of likely N-dealkylation sites (tertiary alicyclic amines) is 1. The number of para-hydroxylation sites is 1. The largest absolute Gasteiger partial charge is 0.489 e. The average molecular weight is 366 g/mol. The number of halogens is 1. The Balaban J connectivity index is 1.70. The number of benzene rings is 1. The van der Waals surface area contributed by atoms with E-state index in [1.165, 1.54) is 6.07 Å². The van der Waals surface area contributed by atoms with Gasteiger partial charge in [0.05, 0.1) is 13.1 Å². The Bertz CT molecular complexity index is 611. The van der Waals surface area contributed by atoms with E-state index in [9.17, 15) is 14.0 Å². The SMILES string of the molecule is CN(CCOc1ccccc1F)C(=O)CN1CCCC(CCC(=O)O)C1. The fraction of sp³-hybridized carbons (Fsp3) is 0.579. The van der Waals surface area contributed by atoms with Gasteiger partial charge in [0.1, 0.15) is 6.61 Å². The molecule has 1 N–H and O–H groups in total. The molecule has 0 radical (unpaired) electrons. The summed E-state index contributed by atoms with van der Waals surface area (Å²) in [6.45, 7) is 2.54. The van der Waals surface area contributed by atoms with Crippen LogP contribution in [0.4, 0.5) is 4.39 Å². The molecule has 7 heteroatoms. The van der Waals surface area contributed by atoms with Gasteiger partial charge in [-0.2, -0.15) is 0 Å². The predicted octanol–water partition coefficient (Wildman–Crippen LogP) is 2.24. The van der Waals surface area contributed by atoms with Crippen molar-refractivity contribution in [3.63, 3.8) is 0 Å². The number of ether oxygens (including phenoxy) is 1. The highest BCUT2D eigenvalue weighted by molar-refractivity contribution is 5.78. The van der Waals surface area contributed by atoms with E-state index in [0.29, 0.717) is 25.4 Å². The third kappa shape index (κ3) is 6.63. The van der Waals surface area contributed by atoms with Crippen molar-refractivity contribution < 1.29 is 23.8 Å². The first-order chi connectivity index (χ1) is 12.5. The zero-order valence-corrected chi connectivity index (χ0v) is 15.2. The van der Waals surface area contributed by atoms with Crippen LogP contribution in [0.3, 0.4) is 0 Å². The van der Waals surface area contributed by atoms with Gasteiger partial charge in [-0.05, 0) is 43.9 Å². The molecule has 1 unspecified atom stereocenters. The number of likely N-dealkylation sites (N-methyl/N-ethyl adjacent to an activating group) is 1. The van der Waals surface area contributed by atoms with Crippen LogP contribution in [-0.4, -0.2) is 66.6 Å². The molecule has 0 saturated carbocycles. The number of amides is 1. The number of carbonyl (C=O) groups excluding carboxylic acids is 1. The molecule has 1 aromatic rings. The van der Waals surface area contributed by atoms with Crippen LogP contribution in [0.2, 0.25) is 0 Å². The normalized spacial score (nSPS) is 17.7. The van der Waals surface area contributed by atoms with E-state index in [1.54, 1.807) is 30.1 Å². The smallest absolute Gasteiger partial charge is 0.303 e. The molecule has 1 atom stereocenters. The number of nitrogens with zero attached hydrogens (tertiary/aromatic N) is 2. The average Bonchev–Trinajstić information content (AvgIpc) is 2.61. The molecule has 1 aromatic carbocycles. The summed E-state index contributed by atoms with van der Waals surface area (Å²) in [4.78, 5) is 26.7. The molecule has 0 aromatic heterocycles. The zero-order chi connectivity index (χ0) is 18.9. The number of carboxylic acid groups (broad SMARTS) is 1. The van der Waals surface area contributed by atoms with E-state index >= 15 is 0 Å². The van der Waals surface area contributed by atoms with Crippen molar-refractivity contribution in [1.82, 2.24) is 9.80 Å². The molecule has 2 rings (SSSR count). The Morgan fingerprint density at radius 2 is 2.15 bits per heavy atom. The third-order valence-corrected chi connectivity index (χ3v) is 4.68. The fourth-order valence-electron chi connectivity index (χ4n) is 3.15. The summed E-state index contributed by atoms with van der Waals surface area (Å²) < 4.78 is 18.9. The number of carboxylic acids is 1. The quantitative estimate of drug-likeness (QED) is 0.726. The number of aliphatic carboxylic acids is 1. The second kappa shape index (κ2) is 10.1. The van der Waals surface area contributed by atoms with Crippen LogP contribution in [0.5, 0.6) is 5.75 Å². The molecule has 1 amide bonds. The monoisotopic (exact) mass is 366 g/mol. The van der Waals surface area contributed by atoms with E-state index in [0.717, 1.165) is 25.9 Å². The highest BCUT2D eigenvalue weighted by Crippen LogP contribution is 2.21. The molecule has 144 valence electrons. The molecule has 1 aliphatic rings. The Morgan fingerprint density at radius 1 is 1.38 bits per heavy atom. The van der Waals surface area contributed by atoms with E-state index in [-0.39, 0.29) is 24.7 Å². The van der Waals surface area contributed by atoms with Gasteiger partial charge in [-0.25, -0.2) is 4.39 Å². The van der Waals surface area contributed by atoms with Gasteiger partial charge >= 0.3 is 5.97 Å². The van der Waals surface area contributed by atoms with Crippen LogP contribution in [0.15, 0.2) is 24.3 Å². The second-order valence-corrected chi connectivity index (χ2v) is 6.77. The van der Waals surface area contributed by atoms with Crippen molar-refractivity contribution in [2.45, 2.75) is 25.7 Å². The number of piperidine rings is 1. The molecule has 6 nitrogen and oxygen atoms in total. The van der Waals surface area contributed by atoms with Crippen LogP contribution in [0, 0.1) is 11.7 Å². The van der Waals surface area contributed by atoms with E-state index < -0.39 is 11.8 Å². The lowest BCUT2D eigenvalue weighted by Gasteiger charge is -2.33. The minimum absolute atomic E-state index is 0.0129. The summed E-state index contributed by atoms with van der Waals surface area (Å²) in [6.07, 6.45) is 2.84. The molecule has 0 aliphatic carbocycles. The van der Waals surface area contributed by atoms with E-state index in [4.69, 9.17) is 9.84 Å². The summed E-state index contributed by atoms with van der Waals surface area (Å²) >= 11 is 0. The lowest BCUT2D eigenvalue weighted by molar-refractivity contribution is -0.137. The Morgan fingerprint density at radius 3 is 2.88 bits per heavy atom. The summed E-state index contributed by atoms with van der Waals surface area (Å²) in [5, 5.41) is 8.80. The van der Waals surface area contributed by atoms with Crippen LogP contribution >= 0.6 is 0 Å². The number of hydrogen-bond acceptors (Lipinski definition) is 4. The van der Waals surface area contributed by atoms with E-state index in [1.807, 2.05) is 0 Å². The van der Waals surface area contributed by atoms with Gasteiger partial charge in [0.25, 0.3) is 0 Å². The van der Waals surface area contributed by atoms with Crippen molar-refractivity contribution in [2.24, 2.45) is 5.92 Å². The van der Waals surface area contributed by atoms with Gasteiger partial charge in [0.15, 0.2) is 11.6 Å². The molecule has 1 heterocycles. The van der Waals surface area contributed by atoms with Crippen molar-refractivity contribution in [3.05, 3.63) is 30.1 Å². The maximum absolute atomic E-state index is 13.5. The van der Waals surface area contributed by atoms with Gasteiger partial charge in [-0.1, -0.05) is 12.1 Å². The summed E-state index contributed by atoms with van der Waals surface area (Å²) in [5.74, 6) is -0.677. The highest BCUT2D eigenvalue weighted by atomic mass is 19.1. The maximum Gasteiger partial charge on any atom is 0.303 e. The lowest BCUT2D eigenvalue weighted by Crippen LogP contribution is -2.44. The molecular formula is C19H27FN2O4. The van der Waals surface area contributed by atoms with Crippen molar-refractivity contribution >= 4 is 11.9 Å². The van der Waals surface area contributed by atoms with Crippen molar-refractivity contribution in [1.29, 1.82) is 0 Å². The summed E-state index contributed by atoms with van der Waals surface area (Å²) in [7, 11) is 1.71. The fourth-order valence-corrected chi connectivity index (χ4v) is 3.15. The number of hydrogen-bond donors (Lipinski definition) is 1. The van der Waals surface area contributed by atoms with Crippen LogP contribution in [-0.2, 0) is 9.59 Å². The van der Waals surface area contributed by atoms with Crippen LogP contribution < -0.4 is 4.74 Å². The molecule has 1 fully saturated rings. The summed E-state index contributed by atoms with van der Waals surface area (Å²) in [5.41, 5.74) is 0. The van der Waals surface area contributed by atoms with Gasteiger partial charge in [-0.3, -0.25) is 14.5 Å². The van der Waals surface area contributed by atoms with Crippen LogP contribution in [0.25, 0.3) is 0 Å². The van der Waals surface area contributed by atoms with Gasteiger partial charge in [0.2, 0.25) is 5.91 Å². The van der Waals surface area contributed by atoms with Crippen LogP contribution in [0.1, 0.15) is 25.7 Å². The first kappa shape index (κ1) is 20.2. The molecule has 26 heavy (non-hydrogen) atoms. The Labute approximate surface area is 153 Å². The highest BCUT2D eigenvalue weighted by Gasteiger charge is 2.23. The Hall–Kier alpha value is -2.15. The maximum atomic E-state index is 13.5. The molecular weight excluding hydrogens is 339 g/mol. The topological polar surface area (TPSA) is 70.1 Å². The minimum atomic E-state index is -0.771. The summed E-state index contributed by atoms with van der Waals surface area (Å²) in [6, 6.07) is 6.19. The predicted molar refractivity (Wildman–Crippen MR) is 95.6 cm³/mol. The molecule has 1 saturated heterocycles. The standard InChI is InChI=1S/C19H27FN2O4/c1-21(11-12-26-17-7-3-2-6-16(17)20)18(23)14-22-10-4-5-15(13-22)8-9-19(24)25/h2-3,6-7,15H,4-5,8-14H2,1H3,(H,24,25). The molecule has 0 bridgehead atoms. The van der Waals surface area contributed by atoms with Gasteiger partial charge < -0.3 is 14.7 Å². The number of carbonyl (C=O) groups is 2. The first-order valence-corrected chi connectivity index (χ1v) is 9.01. The zero-order valence-electron chi connectivity index (χ0n) is 15.2. The third-order valence-electron chi connectivity index (χ3n) is 4.68. The van der Waals surface area contributed by atoms with Gasteiger partial charge in [0, 0.05) is 20.0 Å². The van der Waals surface area contributed by atoms with Gasteiger partial charge in [-0.15, -0.1) is 0 Å². The lowest BCUT2D eigenvalue weighted by atomic mass is 9.93. The Kier molecular flexibility index (Phi) is 7.84. The van der Waals surface area contributed by atoms with Crippen molar-refractivity contribution in [3.8, 4) is 5.75 Å². The van der Waals surface area contributed by atoms with E-state index in [2.05, 4.69) is 4.90 Å². The first-order valence-electron chi connectivity index (χ1n) is 9.01. The van der Waals surface area contributed by atoms with Crippen molar-refractivity contribution in [2.75, 3.05) is 39.8 Å². The molecule has 0 spiro atoms. The minimum Gasteiger partial charge on any atom is -0.489 e. The number of rotatable bonds is 9. The molecule has 1 aliphatic heterocycles.